The van der Waals surface area contributed by atoms with Crippen LogP contribution >= 0.6 is 0 Å². The average Bonchev–Trinajstić information content (AvgIpc) is 2.26. The van der Waals surface area contributed by atoms with Crippen molar-refractivity contribution in [2.75, 3.05) is 7.11 Å². The van der Waals surface area contributed by atoms with Crippen molar-refractivity contribution in [3.63, 3.8) is 0 Å². The van der Waals surface area contributed by atoms with Crippen molar-refractivity contribution in [1.29, 1.82) is 0 Å². The maximum absolute atomic E-state index is 5.33. The van der Waals surface area contributed by atoms with Crippen LogP contribution in [0.3, 0.4) is 0 Å². The highest BCUT2D eigenvalue weighted by molar-refractivity contribution is 5.08. The molecular weight excluding hydrogens is 124 g/mol. The fraction of sp³-hybridized carbons (Fsp3) is 0.667. The first-order valence-corrected chi connectivity index (χ1v) is 3.85. The van der Waals surface area contributed by atoms with Gasteiger partial charge in [0.1, 0.15) is 0 Å². The molecule has 0 saturated heterocycles. The molecule has 3 atom stereocenters. The van der Waals surface area contributed by atoms with Crippen LogP contribution in [0.5, 0.6) is 0 Å². The minimum absolute atomic E-state index is 0.469. The van der Waals surface area contributed by atoms with Crippen LogP contribution in [0.4, 0.5) is 0 Å². The zero-order valence-corrected chi connectivity index (χ0v) is 6.21. The van der Waals surface area contributed by atoms with Gasteiger partial charge in [-0.1, -0.05) is 0 Å². The Morgan fingerprint density at radius 3 is 3.00 bits per heavy atom. The Bertz CT molecular complexity index is 189. The lowest BCUT2D eigenvalue weighted by molar-refractivity contribution is 0.0854. The molecule has 1 nitrogen and oxygen atoms in total. The van der Waals surface area contributed by atoms with E-state index in [4.69, 9.17) is 4.74 Å². The fourth-order valence-electron chi connectivity index (χ4n) is 1.97. The van der Waals surface area contributed by atoms with Crippen molar-refractivity contribution >= 4 is 0 Å². The number of ether oxygens (including phenoxy) is 1. The third-order valence-corrected chi connectivity index (χ3v) is 2.53. The van der Waals surface area contributed by atoms with Crippen LogP contribution in [0.25, 0.3) is 0 Å². The molecule has 0 amide bonds. The Morgan fingerprint density at radius 1 is 1.40 bits per heavy atom. The lowest BCUT2D eigenvalue weighted by Gasteiger charge is -2.12. The molecule has 0 heterocycles. The van der Waals surface area contributed by atoms with Gasteiger partial charge in [0.25, 0.3) is 0 Å². The molecule has 3 unspecified atom stereocenters. The monoisotopic (exact) mass is 136 g/mol. The molecule has 1 fully saturated rings. The first-order valence-electron chi connectivity index (χ1n) is 3.85. The van der Waals surface area contributed by atoms with Crippen molar-refractivity contribution in [1.82, 2.24) is 0 Å². The lowest BCUT2D eigenvalue weighted by atomic mass is 10.0. The molecule has 0 radical (unpaired) electrons. The van der Waals surface area contributed by atoms with E-state index in [0.29, 0.717) is 12.0 Å². The van der Waals surface area contributed by atoms with Gasteiger partial charge >= 0.3 is 0 Å². The Labute approximate surface area is 61.4 Å². The molecule has 2 rings (SSSR count). The Balaban J connectivity index is 2.17. The number of fused-ring (bicyclic) bond motifs is 2. The van der Waals surface area contributed by atoms with Crippen LogP contribution in [-0.2, 0) is 4.74 Å². The summed E-state index contributed by atoms with van der Waals surface area (Å²) in [4.78, 5) is 0. The predicted octanol–water partition coefficient (Wildman–Crippen LogP) is 1.75. The molecule has 1 heteroatoms. The van der Waals surface area contributed by atoms with E-state index in [1.54, 1.807) is 7.11 Å². The van der Waals surface area contributed by atoms with Gasteiger partial charge in [0.2, 0.25) is 0 Å². The van der Waals surface area contributed by atoms with Crippen molar-refractivity contribution in [2.45, 2.75) is 18.9 Å². The summed E-state index contributed by atoms with van der Waals surface area (Å²) in [7, 11) is 1.80. The molecule has 2 aliphatic rings. The van der Waals surface area contributed by atoms with E-state index in [-0.39, 0.29) is 0 Å². The van der Waals surface area contributed by atoms with E-state index in [2.05, 4.69) is 17.9 Å². The van der Waals surface area contributed by atoms with Crippen LogP contribution in [0.1, 0.15) is 12.8 Å². The summed E-state index contributed by atoms with van der Waals surface area (Å²) in [5, 5.41) is 0. The van der Waals surface area contributed by atoms with Crippen LogP contribution in [0, 0.1) is 11.8 Å². The van der Waals surface area contributed by atoms with Crippen molar-refractivity contribution in [3.05, 3.63) is 17.9 Å². The summed E-state index contributed by atoms with van der Waals surface area (Å²) < 4.78 is 5.33. The Hall–Kier alpha value is -0.520. The van der Waals surface area contributed by atoms with Crippen molar-refractivity contribution < 1.29 is 4.74 Å². The lowest BCUT2D eigenvalue weighted by Crippen LogP contribution is -2.13. The largest absolute Gasteiger partial charge is 0.381 e. The quantitative estimate of drug-likeness (QED) is 0.499. The number of methoxy groups -OCH3 is 1. The first kappa shape index (κ1) is 6.21. The number of rotatable bonds is 1. The Morgan fingerprint density at radius 2 is 2.30 bits per heavy atom. The molecule has 0 aliphatic heterocycles. The molecule has 1 saturated carbocycles. The second-order valence-corrected chi connectivity index (χ2v) is 3.17. The van der Waals surface area contributed by atoms with Gasteiger partial charge in [0.05, 0.1) is 6.10 Å². The average molecular weight is 136 g/mol. The smallest absolute Gasteiger partial charge is 0.0646 e. The summed E-state index contributed by atoms with van der Waals surface area (Å²) in [6.07, 6.45) is 7.28. The van der Waals surface area contributed by atoms with E-state index in [1.165, 1.54) is 12.8 Å². The maximum Gasteiger partial charge on any atom is 0.0646 e. The van der Waals surface area contributed by atoms with Gasteiger partial charge in [-0.05, 0) is 30.9 Å². The summed E-state index contributed by atoms with van der Waals surface area (Å²) in [5.41, 5.74) is 3.18. The summed E-state index contributed by atoms with van der Waals surface area (Å²) in [6.45, 7) is 0. The van der Waals surface area contributed by atoms with Crippen molar-refractivity contribution in [3.8, 4) is 0 Å². The molecule has 54 valence electrons. The minimum Gasteiger partial charge on any atom is -0.381 e. The van der Waals surface area contributed by atoms with Gasteiger partial charge in [-0.25, -0.2) is 0 Å². The number of hydrogen-bond donors (Lipinski definition) is 0. The van der Waals surface area contributed by atoms with Crippen LogP contribution in [0.15, 0.2) is 17.9 Å². The van der Waals surface area contributed by atoms with Gasteiger partial charge in [-0.3, -0.25) is 0 Å². The molecule has 0 aromatic carbocycles. The van der Waals surface area contributed by atoms with Crippen LogP contribution < -0.4 is 0 Å². The van der Waals surface area contributed by atoms with E-state index in [9.17, 15) is 0 Å². The maximum atomic E-state index is 5.33. The minimum atomic E-state index is 0.469. The van der Waals surface area contributed by atoms with Gasteiger partial charge in [-0.15, -0.1) is 5.73 Å². The second-order valence-electron chi connectivity index (χ2n) is 3.17. The second kappa shape index (κ2) is 2.26. The normalized spacial score (nSPS) is 42.7. The molecular formula is C9H12O. The molecule has 2 aliphatic carbocycles. The molecule has 0 N–H and O–H groups in total. The van der Waals surface area contributed by atoms with E-state index in [0.717, 1.165) is 5.92 Å². The predicted molar refractivity (Wildman–Crippen MR) is 39.7 cm³/mol. The summed E-state index contributed by atoms with van der Waals surface area (Å²) in [6, 6.07) is 0. The van der Waals surface area contributed by atoms with E-state index in [1.807, 2.05) is 0 Å². The number of hydrogen-bond acceptors (Lipinski definition) is 1. The molecule has 0 aromatic rings. The zero-order valence-electron chi connectivity index (χ0n) is 6.21. The van der Waals surface area contributed by atoms with Crippen LogP contribution in [-0.4, -0.2) is 13.2 Å². The SMILES string of the molecule is COC1CC2C=C=CC1C2. The first-order chi connectivity index (χ1) is 4.90. The Kier molecular flexibility index (Phi) is 1.40. The molecule has 2 bridgehead atoms. The highest BCUT2D eigenvalue weighted by Crippen LogP contribution is 2.36. The summed E-state index contributed by atoms with van der Waals surface area (Å²) >= 11 is 0. The van der Waals surface area contributed by atoms with E-state index >= 15 is 0 Å². The zero-order chi connectivity index (χ0) is 6.97. The molecule has 10 heavy (non-hydrogen) atoms. The van der Waals surface area contributed by atoms with Gasteiger partial charge in [-0.2, -0.15) is 0 Å². The topological polar surface area (TPSA) is 9.23 Å². The van der Waals surface area contributed by atoms with Crippen LogP contribution in [0.2, 0.25) is 0 Å². The summed E-state index contributed by atoms with van der Waals surface area (Å²) in [5.74, 6) is 1.40. The molecule has 0 aromatic heterocycles. The molecule has 0 spiro atoms. The van der Waals surface area contributed by atoms with Gasteiger partial charge in [0.15, 0.2) is 0 Å². The van der Waals surface area contributed by atoms with E-state index < -0.39 is 0 Å². The van der Waals surface area contributed by atoms with Gasteiger partial charge < -0.3 is 4.74 Å². The third kappa shape index (κ3) is 0.828. The van der Waals surface area contributed by atoms with Crippen molar-refractivity contribution in [2.24, 2.45) is 11.8 Å². The van der Waals surface area contributed by atoms with Gasteiger partial charge in [0, 0.05) is 13.0 Å². The highest BCUT2D eigenvalue weighted by atomic mass is 16.5. The third-order valence-electron chi connectivity index (χ3n) is 2.53. The standard InChI is InChI=1S/C9H12O/c1-10-9-6-7-3-2-4-8(9)5-7/h3-4,7-9H,5-6H2,1H3. The highest BCUT2D eigenvalue weighted by Gasteiger charge is 2.32. The fourth-order valence-corrected chi connectivity index (χ4v) is 1.97.